The van der Waals surface area contributed by atoms with Crippen molar-refractivity contribution in [3.8, 4) is 0 Å². The number of nitrogens with one attached hydrogen (secondary N) is 2. The average Bonchev–Trinajstić information content (AvgIpc) is 2.66. The normalized spacial score (nSPS) is 18.8. The fourth-order valence-electron chi connectivity index (χ4n) is 3.21. The highest BCUT2D eigenvalue weighted by atomic mass is 19.4. The number of alkyl halides is 3. The first-order valence-electron chi connectivity index (χ1n) is 9.61. The quantitative estimate of drug-likeness (QED) is 0.572. The largest absolute Gasteiger partial charge is 0.416 e. The number of ether oxygens (including phenoxy) is 1. The van der Waals surface area contributed by atoms with Crippen molar-refractivity contribution in [1.29, 1.82) is 0 Å². The zero-order valence-electron chi connectivity index (χ0n) is 16.3. The first-order chi connectivity index (χ1) is 12.8. The van der Waals surface area contributed by atoms with Crippen molar-refractivity contribution < 1.29 is 17.9 Å². The molecule has 1 aromatic rings. The van der Waals surface area contributed by atoms with Crippen LogP contribution in [0.25, 0.3) is 0 Å². The van der Waals surface area contributed by atoms with Crippen molar-refractivity contribution >= 4 is 5.96 Å². The zero-order valence-corrected chi connectivity index (χ0v) is 16.3. The van der Waals surface area contributed by atoms with E-state index in [0.717, 1.165) is 19.0 Å². The van der Waals surface area contributed by atoms with Crippen LogP contribution in [-0.4, -0.2) is 38.3 Å². The van der Waals surface area contributed by atoms with Gasteiger partial charge < -0.3 is 15.4 Å². The molecule has 1 heterocycles. The molecule has 0 bridgehead atoms. The molecule has 0 spiro atoms. The van der Waals surface area contributed by atoms with Gasteiger partial charge in [-0.05, 0) is 44.7 Å². The second-order valence-electron chi connectivity index (χ2n) is 7.12. The molecule has 7 heteroatoms. The lowest BCUT2D eigenvalue weighted by Gasteiger charge is -2.37. The lowest BCUT2D eigenvalue weighted by Crippen LogP contribution is -2.44. The van der Waals surface area contributed by atoms with Gasteiger partial charge >= 0.3 is 6.18 Å². The summed E-state index contributed by atoms with van der Waals surface area (Å²) < 4.78 is 45.0. The summed E-state index contributed by atoms with van der Waals surface area (Å²) >= 11 is 0. The maximum absolute atomic E-state index is 13.2. The van der Waals surface area contributed by atoms with E-state index in [9.17, 15) is 13.2 Å². The van der Waals surface area contributed by atoms with Gasteiger partial charge in [-0.15, -0.1) is 0 Å². The number of benzene rings is 1. The van der Waals surface area contributed by atoms with E-state index in [1.54, 1.807) is 6.07 Å². The molecule has 1 unspecified atom stereocenters. The molecule has 1 atom stereocenters. The molecule has 0 aliphatic carbocycles. The standard InChI is InChI=1S/C20H30F3N3O/c1-4-15(3)26-18(24-5-2)25-14-19(9-11-27-12-10-19)16-7-6-8-17(13-16)20(21,22)23/h6-8,13,15H,4-5,9-12,14H2,1-3H3,(H2,24,25,26). The van der Waals surface area contributed by atoms with E-state index in [-0.39, 0.29) is 6.04 Å². The van der Waals surface area contributed by atoms with E-state index in [0.29, 0.717) is 44.1 Å². The van der Waals surface area contributed by atoms with Gasteiger partial charge in [0.2, 0.25) is 0 Å². The number of rotatable bonds is 6. The number of hydrogen-bond acceptors (Lipinski definition) is 2. The molecule has 0 amide bonds. The minimum atomic E-state index is -4.35. The van der Waals surface area contributed by atoms with Crippen LogP contribution in [0.4, 0.5) is 13.2 Å². The Morgan fingerprint density at radius 3 is 2.56 bits per heavy atom. The van der Waals surface area contributed by atoms with Crippen LogP contribution in [0, 0.1) is 0 Å². The third-order valence-corrected chi connectivity index (χ3v) is 5.13. The van der Waals surface area contributed by atoms with Gasteiger partial charge in [0, 0.05) is 31.2 Å². The Balaban J connectivity index is 2.32. The molecular weight excluding hydrogens is 355 g/mol. The Bertz CT molecular complexity index is 625. The van der Waals surface area contributed by atoms with Crippen LogP contribution in [0.1, 0.15) is 51.2 Å². The lowest BCUT2D eigenvalue weighted by molar-refractivity contribution is -0.137. The molecule has 1 aliphatic heterocycles. The van der Waals surface area contributed by atoms with Crippen molar-refractivity contribution in [3.63, 3.8) is 0 Å². The Morgan fingerprint density at radius 2 is 1.96 bits per heavy atom. The van der Waals surface area contributed by atoms with Crippen LogP contribution >= 0.6 is 0 Å². The van der Waals surface area contributed by atoms with E-state index in [4.69, 9.17) is 9.73 Å². The molecule has 1 aromatic carbocycles. The Labute approximate surface area is 159 Å². The molecule has 0 saturated carbocycles. The van der Waals surface area contributed by atoms with Gasteiger partial charge in [-0.3, -0.25) is 4.99 Å². The maximum Gasteiger partial charge on any atom is 0.416 e. The van der Waals surface area contributed by atoms with Crippen LogP contribution in [0.5, 0.6) is 0 Å². The molecule has 1 aliphatic rings. The Hall–Kier alpha value is -1.76. The molecule has 2 N–H and O–H groups in total. The van der Waals surface area contributed by atoms with E-state index >= 15 is 0 Å². The molecular formula is C20H30F3N3O. The monoisotopic (exact) mass is 385 g/mol. The molecule has 1 fully saturated rings. The SMILES string of the molecule is CCNC(=NCC1(c2cccc(C(F)(F)F)c2)CCOCC1)NC(C)CC. The summed E-state index contributed by atoms with van der Waals surface area (Å²) in [5.41, 5.74) is -0.375. The Kier molecular flexibility index (Phi) is 7.53. The summed E-state index contributed by atoms with van der Waals surface area (Å²) in [6.07, 6.45) is -2.09. The van der Waals surface area contributed by atoms with Gasteiger partial charge in [-0.1, -0.05) is 25.1 Å². The van der Waals surface area contributed by atoms with Crippen LogP contribution in [0.3, 0.4) is 0 Å². The number of aliphatic imine (C=N–C) groups is 1. The number of halogens is 3. The van der Waals surface area contributed by atoms with E-state index in [2.05, 4.69) is 24.5 Å². The first-order valence-corrected chi connectivity index (χ1v) is 9.61. The van der Waals surface area contributed by atoms with Gasteiger partial charge in [0.25, 0.3) is 0 Å². The summed E-state index contributed by atoms with van der Waals surface area (Å²) in [5.74, 6) is 0.699. The Morgan fingerprint density at radius 1 is 1.26 bits per heavy atom. The zero-order chi connectivity index (χ0) is 19.9. The third kappa shape index (κ3) is 5.86. The molecule has 2 rings (SSSR count). The van der Waals surface area contributed by atoms with Crippen molar-refractivity contribution in [2.75, 3.05) is 26.3 Å². The van der Waals surface area contributed by atoms with Gasteiger partial charge in [0.1, 0.15) is 0 Å². The van der Waals surface area contributed by atoms with E-state index in [1.807, 2.05) is 6.92 Å². The smallest absolute Gasteiger partial charge is 0.381 e. The van der Waals surface area contributed by atoms with Crippen LogP contribution in [0.2, 0.25) is 0 Å². The topological polar surface area (TPSA) is 45.7 Å². The molecule has 1 saturated heterocycles. The first kappa shape index (κ1) is 21.5. The number of guanidine groups is 1. The van der Waals surface area contributed by atoms with Gasteiger partial charge in [-0.2, -0.15) is 13.2 Å². The second kappa shape index (κ2) is 9.44. The minimum absolute atomic E-state index is 0.266. The highest BCUT2D eigenvalue weighted by Crippen LogP contribution is 2.38. The average molecular weight is 385 g/mol. The van der Waals surface area contributed by atoms with Gasteiger partial charge in [0.15, 0.2) is 5.96 Å². The van der Waals surface area contributed by atoms with Crippen LogP contribution < -0.4 is 10.6 Å². The summed E-state index contributed by atoms with van der Waals surface area (Å²) in [4.78, 5) is 4.72. The maximum atomic E-state index is 13.2. The van der Waals surface area contributed by atoms with Crippen LogP contribution in [-0.2, 0) is 16.3 Å². The molecule has 0 aromatic heterocycles. The number of nitrogens with zero attached hydrogens (tertiary/aromatic N) is 1. The van der Waals surface area contributed by atoms with Crippen LogP contribution in [0.15, 0.2) is 29.3 Å². The minimum Gasteiger partial charge on any atom is -0.381 e. The third-order valence-electron chi connectivity index (χ3n) is 5.13. The van der Waals surface area contributed by atoms with E-state index in [1.165, 1.54) is 12.1 Å². The van der Waals surface area contributed by atoms with E-state index < -0.39 is 17.2 Å². The summed E-state index contributed by atoms with van der Waals surface area (Å²) in [6, 6.07) is 5.93. The summed E-state index contributed by atoms with van der Waals surface area (Å²) in [6.45, 7) is 8.35. The highest BCUT2D eigenvalue weighted by molar-refractivity contribution is 5.80. The predicted octanol–water partition coefficient (Wildman–Crippen LogP) is 4.11. The predicted molar refractivity (Wildman–Crippen MR) is 102 cm³/mol. The van der Waals surface area contributed by atoms with Gasteiger partial charge in [-0.25, -0.2) is 0 Å². The molecule has 27 heavy (non-hydrogen) atoms. The number of hydrogen-bond donors (Lipinski definition) is 2. The fourth-order valence-corrected chi connectivity index (χ4v) is 3.21. The summed E-state index contributed by atoms with van der Waals surface area (Å²) in [5, 5.41) is 6.56. The second-order valence-corrected chi connectivity index (χ2v) is 7.12. The van der Waals surface area contributed by atoms with Crippen molar-refractivity contribution in [3.05, 3.63) is 35.4 Å². The highest BCUT2D eigenvalue weighted by Gasteiger charge is 2.37. The molecule has 0 radical (unpaired) electrons. The lowest BCUT2D eigenvalue weighted by atomic mass is 9.74. The van der Waals surface area contributed by atoms with Gasteiger partial charge in [0.05, 0.1) is 12.1 Å². The fraction of sp³-hybridized carbons (Fsp3) is 0.650. The molecule has 152 valence electrons. The van der Waals surface area contributed by atoms with Crippen molar-refractivity contribution in [1.82, 2.24) is 10.6 Å². The van der Waals surface area contributed by atoms with Crippen molar-refractivity contribution in [2.45, 2.75) is 57.7 Å². The summed E-state index contributed by atoms with van der Waals surface area (Å²) in [7, 11) is 0. The molecule has 4 nitrogen and oxygen atoms in total. The van der Waals surface area contributed by atoms with Crippen molar-refractivity contribution in [2.24, 2.45) is 4.99 Å².